The van der Waals surface area contributed by atoms with Crippen molar-refractivity contribution in [1.29, 1.82) is 0 Å². The Morgan fingerprint density at radius 1 is 1.33 bits per heavy atom. The maximum Gasteiger partial charge on any atom is 0.291 e. The van der Waals surface area contributed by atoms with Gasteiger partial charge in [0, 0.05) is 14.1 Å². The molecule has 24 heavy (non-hydrogen) atoms. The molecule has 1 N–H and O–H groups in total. The summed E-state index contributed by atoms with van der Waals surface area (Å²) in [7, 11) is -1.07. The van der Waals surface area contributed by atoms with Crippen LogP contribution in [0.1, 0.15) is 21.8 Å². The molecule has 1 heterocycles. The Kier molecular flexibility index (Phi) is 5.48. The Hall–Kier alpha value is -1.69. The first-order valence-corrected chi connectivity index (χ1v) is 8.91. The van der Waals surface area contributed by atoms with Gasteiger partial charge in [-0.15, -0.1) is 10.2 Å². The van der Waals surface area contributed by atoms with Crippen molar-refractivity contribution in [2.24, 2.45) is 0 Å². The predicted molar refractivity (Wildman–Crippen MR) is 85.1 cm³/mol. The van der Waals surface area contributed by atoms with Crippen LogP contribution >= 0.6 is 22.9 Å². The molecule has 0 spiro atoms. The molecule has 0 fully saturated rings. The fourth-order valence-corrected chi connectivity index (χ4v) is 3.31. The van der Waals surface area contributed by atoms with Crippen molar-refractivity contribution in [3.05, 3.63) is 33.8 Å². The molecular formula is C12H11ClF2N4O3S2. The summed E-state index contributed by atoms with van der Waals surface area (Å²) in [4.78, 5) is 12.1. The highest BCUT2D eigenvalue weighted by Gasteiger charge is 2.22. The second kappa shape index (κ2) is 7.05. The summed E-state index contributed by atoms with van der Waals surface area (Å²) in [5, 5.41) is 8.23. The Bertz CT molecular complexity index is 871. The monoisotopic (exact) mass is 396 g/mol. The van der Waals surface area contributed by atoms with E-state index in [2.05, 4.69) is 15.5 Å². The average molecular weight is 397 g/mol. The lowest BCUT2D eigenvalue weighted by Gasteiger charge is -2.12. The number of anilines is 1. The zero-order valence-electron chi connectivity index (χ0n) is 12.3. The van der Waals surface area contributed by atoms with Crippen LogP contribution in [0.5, 0.6) is 0 Å². The quantitative estimate of drug-likeness (QED) is 0.838. The third kappa shape index (κ3) is 3.86. The molecule has 0 radical (unpaired) electrons. The van der Waals surface area contributed by atoms with Crippen LogP contribution in [0.4, 0.5) is 13.9 Å². The number of halogens is 3. The van der Waals surface area contributed by atoms with Gasteiger partial charge in [0.05, 0.1) is 15.5 Å². The molecule has 0 aliphatic rings. The van der Waals surface area contributed by atoms with Crippen LogP contribution in [0, 0.1) is 0 Å². The molecule has 130 valence electrons. The van der Waals surface area contributed by atoms with E-state index in [1.165, 1.54) is 26.2 Å². The SMILES string of the molecule is CN(C)S(=O)(=O)c1ccc(Cl)c(C(=O)Nc2nnc(C(F)F)s2)c1. The maximum atomic E-state index is 12.5. The molecular weight excluding hydrogens is 386 g/mol. The molecule has 0 saturated carbocycles. The van der Waals surface area contributed by atoms with Gasteiger partial charge in [0.1, 0.15) is 0 Å². The summed E-state index contributed by atoms with van der Waals surface area (Å²) >= 11 is 6.43. The number of hydrogen-bond acceptors (Lipinski definition) is 6. The first kappa shape index (κ1) is 18.6. The smallest absolute Gasteiger partial charge is 0.291 e. The molecule has 1 aromatic heterocycles. The van der Waals surface area contributed by atoms with Gasteiger partial charge >= 0.3 is 0 Å². The Balaban J connectivity index is 2.32. The Morgan fingerprint density at radius 3 is 2.54 bits per heavy atom. The highest BCUT2D eigenvalue weighted by Crippen LogP contribution is 2.27. The summed E-state index contributed by atoms with van der Waals surface area (Å²) < 4.78 is 50.1. The summed E-state index contributed by atoms with van der Waals surface area (Å²) in [5.74, 6) is -0.784. The number of rotatable bonds is 5. The van der Waals surface area contributed by atoms with Crippen LogP contribution in [0.3, 0.4) is 0 Å². The van der Waals surface area contributed by atoms with Gasteiger partial charge in [0.15, 0.2) is 5.01 Å². The van der Waals surface area contributed by atoms with Crippen molar-refractivity contribution in [2.45, 2.75) is 11.3 Å². The van der Waals surface area contributed by atoms with Crippen molar-refractivity contribution in [2.75, 3.05) is 19.4 Å². The number of sulfonamides is 1. The van der Waals surface area contributed by atoms with Gasteiger partial charge in [0.25, 0.3) is 12.3 Å². The summed E-state index contributed by atoms with van der Waals surface area (Å²) in [5.41, 5.74) is -0.131. The van der Waals surface area contributed by atoms with E-state index in [4.69, 9.17) is 11.6 Å². The fraction of sp³-hybridized carbons (Fsp3) is 0.250. The van der Waals surface area contributed by atoms with Gasteiger partial charge in [-0.1, -0.05) is 22.9 Å². The number of nitrogens with zero attached hydrogens (tertiary/aromatic N) is 3. The third-order valence-electron chi connectivity index (χ3n) is 2.81. The highest BCUT2D eigenvalue weighted by molar-refractivity contribution is 7.89. The molecule has 0 unspecified atom stereocenters. The summed E-state index contributed by atoms with van der Waals surface area (Å²) in [6.45, 7) is 0. The van der Waals surface area contributed by atoms with E-state index in [-0.39, 0.29) is 20.6 Å². The van der Waals surface area contributed by atoms with Gasteiger partial charge in [-0.2, -0.15) is 0 Å². The van der Waals surface area contributed by atoms with E-state index in [0.29, 0.717) is 11.3 Å². The molecule has 0 aliphatic carbocycles. The Labute approximate surface area is 145 Å². The third-order valence-corrected chi connectivity index (χ3v) is 5.80. The minimum Gasteiger partial charge on any atom is -0.296 e. The van der Waals surface area contributed by atoms with Crippen molar-refractivity contribution in [3.63, 3.8) is 0 Å². The zero-order chi connectivity index (χ0) is 18.1. The Morgan fingerprint density at radius 2 is 2.00 bits per heavy atom. The zero-order valence-corrected chi connectivity index (χ0v) is 14.7. The van der Waals surface area contributed by atoms with E-state index in [0.717, 1.165) is 10.4 Å². The number of alkyl halides is 2. The number of carbonyl (C=O) groups is 1. The van der Waals surface area contributed by atoms with Gasteiger partial charge in [0.2, 0.25) is 15.2 Å². The van der Waals surface area contributed by atoms with Crippen molar-refractivity contribution in [3.8, 4) is 0 Å². The number of nitrogens with one attached hydrogen (secondary N) is 1. The number of benzene rings is 1. The summed E-state index contributed by atoms with van der Waals surface area (Å²) in [6.07, 6.45) is -2.80. The van der Waals surface area contributed by atoms with Crippen LogP contribution in [-0.2, 0) is 10.0 Å². The molecule has 7 nitrogen and oxygen atoms in total. The molecule has 0 saturated heterocycles. The lowest BCUT2D eigenvalue weighted by Crippen LogP contribution is -2.23. The highest BCUT2D eigenvalue weighted by atomic mass is 35.5. The number of amides is 1. The topological polar surface area (TPSA) is 92.3 Å². The molecule has 2 rings (SSSR count). The fourth-order valence-electron chi connectivity index (χ4n) is 1.59. The lowest BCUT2D eigenvalue weighted by atomic mass is 10.2. The molecule has 1 aromatic carbocycles. The summed E-state index contributed by atoms with van der Waals surface area (Å²) in [6, 6.07) is 3.62. The predicted octanol–water partition coefficient (Wildman–Crippen LogP) is 2.63. The van der Waals surface area contributed by atoms with Crippen molar-refractivity contribution >= 4 is 44.0 Å². The first-order valence-electron chi connectivity index (χ1n) is 6.28. The second-order valence-corrected chi connectivity index (χ2v) is 8.20. The number of carbonyl (C=O) groups excluding carboxylic acids is 1. The van der Waals surface area contributed by atoms with Crippen LogP contribution < -0.4 is 5.32 Å². The lowest BCUT2D eigenvalue weighted by molar-refractivity contribution is 0.102. The van der Waals surface area contributed by atoms with Crippen LogP contribution in [0.15, 0.2) is 23.1 Å². The van der Waals surface area contributed by atoms with Crippen LogP contribution in [0.25, 0.3) is 0 Å². The molecule has 0 bridgehead atoms. The number of aromatic nitrogens is 2. The largest absolute Gasteiger partial charge is 0.296 e. The van der Waals surface area contributed by atoms with Gasteiger partial charge in [-0.25, -0.2) is 21.5 Å². The maximum absolute atomic E-state index is 12.5. The minimum absolute atomic E-state index is 0.00352. The van der Waals surface area contributed by atoms with Gasteiger partial charge in [-0.3, -0.25) is 10.1 Å². The van der Waals surface area contributed by atoms with Crippen molar-refractivity contribution < 1.29 is 22.0 Å². The average Bonchev–Trinajstić information content (AvgIpc) is 2.95. The number of hydrogen-bond donors (Lipinski definition) is 1. The van der Waals surface area contributed by atoms with E-state index in [1.54, 1.807) is 0 Å². The van der Waals surface area contributed by atoms with E-state index in [9.17, 15) is 22.0 Å². The normalized spacial score (nSPS) is 12.0. The van der Waals surface area contributed by atoms with Gasteiger partial charge in [-0.05, 0) is 18.2 Å². The van der Waals surface area contributed by atoms with Gasteiger partial charge < -0.3 is 0 Å². The van der Waals surface area contributed by atoms with E-state index < -0.39 is 27.4 Å². The van der Waals surface area contributed by atoms with Crippen LogP contribution in [0.2, 0.25) is 5.02 Å². The molecule has 2 aromatic rings. The van der Waals surface area contributed by atoms with E-state index in [1.807, 2.05) is 0 Å². The molecule has 0 atom stereocenters. The first-order chi connectivity index (χ1) is 11.1. The molecule has 12 heteroatoms. The van der Waals surface area contributed by atoms with Crippen LogP contribution in [-0.4, -0.2) is 42.9 Å². The standard InChI is InChI=1S/C12H11ClF2N4O3S2/c1-19(2)24(21,22)6-3-4-8(13)7(5-6)10(20)16-12-18-17-11(23-12)9(14)15/h3-5,9H,1-2H3,(H,16,18,20). The minimum atomic E-state index is -3.76. The van der Waals surface area contributed by atoms with E-state index >= 15 is 0 Å². The molecule has 0 aliphatic heterocycles. The van der Waals surface area contributed by atoms with Crippen molar-refractivity contribution in [1.82, 2.24) is 14.5 Å². The molecule has 1 amide bonds. The second-order valence-electron chi connectivity index (χ2n) is 4.63.